The van der Waals surface area contributed by atoms with Crippen molar-refractivity contribution in [2.75, 3.05) is 14.2 Å². The monoisotopic (exact) mass is 329 g/mol. The number of nitrogens with one attached hydrogen (secondary N) is 1. The minimum Gasteiger partial charge on any atom is -0.510 e. The first-order valence-corrected chi connectivity index (χ1v) is 6.71. The van der Waals surface area contributed by atoms with Gasteiger partial charge >= 0.3 is 11.9 Å². The molecule has 1 heterocycles. The van der Waals surface area contributed by atoms with Crippen molar-refractivity contribution in [2.24, 2.45) is 5.18 Å². The Hall–Kier alpha value is -2.71. The highest BCUT2D eigenvalue weighted by Crippen LogP contribution is 2.05. The van der Waals surface area contributed by atoms with Crippen LogP contribution in [0, 0.1) is 18.8 Å². The van der Waals surface area contributed by atoms with Gasteiger partial charge in [0.05, 0.1) is 14.2 Å². The summed E-state index contributed by atoms with van der Waals surface area (Å²) in [6.45, 7) is 8.75. The van der Waals surface area contributed by atoms with E-state index in [-0.39, 0.29) is 0 Å². The summed E-state index contributed by atoms with van der Waals surface area (Å²) in [7, 11) is 2.43. The molecule has 0 fully saturated rings. The zero-order valence-corrected chi connectivity index (χ0v) is 14.4. The van der Waals surface area contributed by atoms with Gasteiger partial charge in [0.25, 0.3) is 0 Å². The molecular formula is C14H23N3O6. The van der Waals surface area contributed by atoms with E-state index >= 15 is 0 Å². The predicted molar refractivity (Wildman–Crippen MR) is 83.9 cm³/mol. The molecule has 2 N–H and O–H groups in total. The molecule has 0 atom stereocenters. The normalized spacial score (nSPS) is 10.0. The molecule has 23 heavy (non-hydrogen) atoms. The Morgan fingerprint density at radius 1 is 1.17 bits per heavy atom. The maximum Gasteiger partial charge on any atom is 0.363 e. The summed E-state index contributed by atoms with van der Waals surface area (Å²) in [6, 6.07) is 0. The highest BCUT2D eigenvalue weighted by atomic mass is 16.5. The van der Waals surface area contributed by atoms with Gasteiger partial charge in [-0.25, -0.2) is 14.6 Å². The van der Waals surface area contributed by atoms with Crippen LogP contribution in [0.15, 0.2) is 16.6 Å². The summed E-state index contributed by atoms with van der Waals surface area (Å²) < 4.78 is 8.62. The quantitative estimate of drug-likeness (QED) is 0.377. The number of H-pyrrole nitrogens is 1. The van der Waals surface area contributed by atoms with Crippen LogP contribution in [0.3, 0.4) is 0 Å². The lowest BCUT2D eigenvalue weighted by Gasteiger charge is -1.95. The summed E-state index contributed by atoms with van der Waals surface area (Å²) in [4.78, 5) is 38.0. The third-order valence-corrected chi connectivity index (χ3v) is 2.19. The highest BCUT2D eigenvalue weighted by Gasteiger charge is 2.13. The number of aromatic nitrogens is 2. The topological polar surface area (TPSA) is 131 Å². The van der Waals surface area contributed by atoms with Gasteiger partial charge in [-0.3, -0.25) is 0 Å². The van der Waals surface area contributed by atoms with Crippen molar-refractivity contribution < 1.29 is 24.2 Å². The van der Waals surface area contributed by atoms with Gasteiger partial charge in [-0.05, 0) is 25.9 Å². The number of hydrogen-bond donors (Lipinski definition) is 2. The minimum absolute atomic E-state index is 0.366. The first-order chi connectivity index (χ1) is 10.8. The number of nitrogens with zero attached hydrogens (tertiary/aromatic N) is 2. The molecule has 0 saturated heterocycles. The van der Waals surface area contributed by atoms with E-state index in [1.54, 1.807) is 13.8 Å². The zero-order valence-electron chi connectivity index (χ0n) is 14.4. The van der Waals surface area contributed by atoms with E-state index in [0.29, 0.717) is 5.69 Å². The molecule has 1 aromatic rings. The van der Waals surface area contributed by atoms with Crippen LogP contribution in [0.4, 0.5) is 0 Å². The standard InChI is InChI=1S/C7H10N2O2.C5H7NO4.C2H6/c1-4-6(7(10)11-3)9-5(2)8-4;1-3(7)4(6-9)5(8)10-2;1-2/h1-3H3,(H,8,9);7H,1-2H3;1-2H3. The van der Waals surface area contributed by atoms with Gasteiger partial charge in [0.2, 0.25) is 5.70 Å². The summed E-state index contributed by atoms with van der Waals surface area (Å²) in [5.74, 6) is -1.05. The molecular weight excluding hydrogens is 306 g/mol. The number of methoxy groups -OCH3 is 2. The van der Waals surface area contributed by atoms with E-state index in [0.717, 1.165) is 18.6 Å². The lowest BCUT2D eigenvalue weighted by Crippen LogP contribution is -2.04. The van der Waals surface area contributed by atoms with Crippen molar-refractivity contribution in [1.29, 1.82) is 0 Å². The molecule has 9 nitrogen and oxygen atoms in total. The Labute approximate surface area is 134 Å². The fourth-order valence-electron chi connectivity index (χ4n) is 1.25. The fourth-order valence-corrected chi connectivity index (χ4v) is 1.25. The van der Waals surface area contributed by atoms with Crippen LogP contribution >= 0.6 is 0 Å². The SMILES string of the molecule is CC.COC(=O)C(N=O)=C(C)O.COC(=O)c1nc(C)[nH]c1C. The van der Waals surface area contributed by atoms with Gasteiger partial charge in [0.1, 0.15) is 11.6 Å². The molecule has 0 amide bonds. The number of esters is 2. The van der Waals surface area contributed by atoms with Crippen molar-refractivity contribution in [3.8, 4) is 0 Å². The van der Waals surface area contributed by atoms with E-state index in [1.165, 1.54) is 14.0 Å². The molecule has 0 unspecified atom stereocenters. The Kier molecular flexibility index (Phi) is 11.7. The molecule has 0 radical (unpaired) electrons. The third-order valence-electron chi connectivity index (χ3n) is 2.19. The van der Waals surface area contributed by atoms with Crippen molar-refractivity contribution in [1.82, 2.24) is 9.97 Å². The number of carbonyl (C=O) groups excluding carboxylic acids is 2. The lowest BCUT2D eigenvalue weighted by molar-refractivity contribution is -0.136. The Morgan fingerprint density at radius 3 is 1.91 bits per heavy atom. The van der Waals surface area contributed by atoms with Crippen molar-refractivity contribution in [3.05, 3.63) is 33.6 Å². The van der Waals surface area contributed by atoms with E-state index in [9.17, 15) is 14.5 Å². The molecule has 1 rings (SSSR count). The van der Waals surface area contributed by atoms with E-state index in [2.05, 4.69) is 24.6 Å². The fraction of sp³-hybridized carbons (Fsp3) is 0.500. The summed E-state index contributed by atoms with van der Waals surface area (Å²) in [5.41, 5.74) is 0.516. The van der Waals surface area contributed by atoms with Gasteiger partial charge in [-0.1, -0.05) is 13.8 Å². The van der Waals surface area contributed by atoms with Crippen LogP contribution in [0.25, 0.3) is 0 Å². The number of allylic oxidation sites excluding steroid dienone is 1. The molecule has 0 saturated carbocycles. The number of rotatable bonds is 3. The Balaban J connectivity index is 0. The highest BCUT2D eigenvalue weighted by molar-refractivity contribution is 5.88. The van der Waals surface area contributed by atoms with Crippen LogP contribution < -0.4 is 0 Å². The molecule has 1 aromatic heterocycles. The number of aromatic amines is 1. The number of aliphatic hydroxyl groups excluding tert-OH is 1. The second-order valence-corrected chi connectivity index (χ2v) is 3.80. The van der Waals surface area contributed by atoms with E-state index in [1.807, 2.05) is 13.8 Å². The smallest absolute Gasteiger partial charge is 0.363 e. The number of nitroso groups, excluding NO2 is 1. The van der Waals surface area contributed by atoms with Crippen LogP contribution in [0.1, 0.15) is 42.8 Å². The van der Waals surface area contributed by atoms with Gasteiger partial charge in [-0.15, -0.1) is 4.91 Å². The van der Waals surface area contributed by atoms with Crippen molar-refractivity contribution in [3.63, 3.8) is 0 Å². The molecule has 0 aliphatic heterocycles. The number of imidazole rings is 1. The molecule has 9 heteroatoms. The first kappa shape index (κ1) is 22.6. The van der Waals surface area contributed by atoms with Crippen molar-refractivity contribution >= 4 is 11.9 Å². The predicted octanol–water partition coefficient (Wildman–Crippen LogP) is 2.55. The second kappa shape index (κ2) is 11.9. The minimum atomic E-state index is -0.935. The third kappa shape index (κ3) is 7.74. The van der Waals surface area contributed by atoms with Gasteiger partial charge in [0.15, 0.2) is 5.69 Å². The number of aliphatic hydroxyl groups is 1. The summed E-state index contributed by atoms with van der Waals surface area (Å²) >= 11 is 0. The number of carbonyl (C=O) groups is 2. The van der Waals surface area contributed by atoms with Gasteiger partial charge in [0, 0.05) is 5.69 Å². The number of ether oxygens (including phenoxy) is 2. The van der Waals surface area contributed by atoms with Gasteiger partial charge in [-0.2, -0.15) is 0 Å². The summed E-state index contributed by atoms with van der Waals surface area (Å²) in [5, 5.41) is 10.9. The molecule has 0 bridgehead atoms. The number of hydrogen-bond acceptors (Lipinski definition) is 8. The average molecular weight is 329 g/mol. The first-order valence-electron chi connectivity index (χ1n) is 6.71. The Morgan fingerprint density at radius 2 is 1.70 bits per heavy atom. The molecule has 0 aliphatic carbocycles. The summed E-state index contributed by atoms with van der Waals surface area (Å²) in [6.07, 6.45) is 0. The lowest BCUT2D eigenvalue weighted by atomic mass is 10.3. The molecule has 0 spiro atoms. The maximum absolute atomic E-state index is 10.9. The van der Waals surface area contributed by atoms with Crippen molar-refractivity contribution in [2.45, 2.75) is 34.6 Å². The number of aryl methyl sites for hydroxylation is 2. The Bertz CT molecular complexity index is 559. The van der Waals surface area contributed by atoms with Crippen LogP contribution in [-0.2, 0) is 14.3 Å². The molecule has 0 aromatic carbocycles. The maximum atomic E-state index is 10.9. The van der Waals surface area contributed by atoms with Crippen LogP contribution in [0.5, 0.6) is 0 Å². The van der Waals surface area contributed by atoms with Crippen LogP contribution in [0.2, 0.25) is 0 Å². The average Bonchev–Trinajstić information content (AvgIpc) is 2.87. The largest absolute Gasteiger partial charge is 0.510 e. The van der Waals surface area contributed by atoms with Crippen LogP contribution in [-0.4, -0.2) is 41.2 Å². The van der Waals surface area contributed by atoms with E-state index in [4.69, 9.17) is 5.11 Å². The molecule has 130 valence electrons. The molecule has 0 aliphatic rings. The van der Waals surface area contributed by atoms with E-state index < -0.39 is 23.4 Å². The zero-order chi connectivity index (χ0) is 18.6. The second-order valence-electron chi connectivity index (χ2n) is 3.80. The van der Waals surface area contributed by atoms with Gasteiger partial charge < -0.3 is 19.6 Å².